The van der Waals surface area contributed by atoms with Crippen LogP contribution in [0, 0.1) is 6.57 Å². The molecular weight excluding hydrogens is 380 g/mol. The first-order valence-electron chi connectivity index (χ1n) is 9.01. The minimum Gasteiger partial charge on any atom is -0.281 e. The standard InChI is InChI=1S/C21H12N8O/c1-22-20(19(30)17-8-4-5-11-23-17)26-24-13-9-10-16-18(12-13)29-21(27-25-16)14-6-2-3-7-15(14)28-29/h2-12,20H. The Balaban J connectivity index is 1.55. The molecule has 5 aromatic rings. The summed E-state index contributed by atoms with van der Waals surface area (Å²) in [4.78, 5) is 19.7. The minimum atomic E-state index is -1.29. The van der Waals surface area contributed by atoms with E-state index in [9.17, 15) is 4.79 Å². The number of benzene rings is 2. The Morgan fingerprint density at radius 1 is 1.03 bits per heavy atom. The topological polar surface area (TPSA) is 102 Å². The monoisotopic (exact) mass is 392 g/mol. The molecule has 0 N–H and O–H groups in total. The zero-order valence-corrected chi connectivity index (χ0v) is 15.4. The minimum absolute atomic E-state index is 0.177. The molecule has 9 nitrogen and oxygen atoms in total. The molecule has 3 aromatic heterocycles. The molecule has 0 amide bonds. The molecule has 0 fully saturated rings. The van der Waals surface area contributed by atoms with Crippen molar-refractivity contribution < 1.29 is 4.79 Å². The van der Waals surface area contributed by atoms with Crippen LogP contribution in [-0.2, 0) is 0 Å². The van der Waals surface area contributed by atoms with E-state index in [0.29, 0.717) is 22.4 Å². The van der Waals surface area contributed by atoms with E-state index in [2.05, 4.69) is 35.4 Å². The Labute approximate surface area is 169 Å². The molecule has 0 radical (unpaired) electrons. The van der Waals surface area contributed by atoms with Crippen LogP contribution in [0.15, 0.2) is 77.1 Å². The number of hydrogen-bond donors (Lipinski definition) is 0. The lowest BCUT2D eigenvalue weighted by Crippen LogP contribution is -2.15. The Hall–Kier alpha value is -4.58. The number of carbonyl (C=O) groups is 1. The highest BCUT2D eigenvalue weighted by Crippen LogP contribution is 2.24. The van der Waals surface area contributed by atoms with Crippen molar-refractivity contribution in [1.29, 1.82) is 0 Å². The van der Waals surface area contributed by atoms with E-state index in [-0.39, 0.29) is 5.69 Å². The molecule has 0 aliphatic heterocycles. The van der Waals surface area contributed by atoms with E-state index in [1.54, 1.807) is 40.9 Å². The van der Waals surface area contributed by atoms with Crippen molar-refractivity contribution in [3.8, 4) is 0 Å². The summed E-state index contributed by atoms with van der Waals surface area (Å²) in [6, 6.07) is 17.8. The van der Waals surface area contributed by atoms with Crippen molar-refractivity contribution >= 4 is 39.1 Å². The number of hydrogen-bond acceptors (Lipinski definition) is 7. The van der Waals surface area contributed by atoms with Gasteiger partial charge in [-0.3, -0.25) is 14.6 Å². The molecule has 0 bridgehead atoms. The maximum absolute atomic E-state index is 12.4. The van der Waals surface area contributed by atoms with Crippen molar-refractivity contribution in [2.24, 2.45) is 10.2 Å². The van der Waals surface area contributed by atoms with Crippen LogP contribution in [0.1, 0.15) is 10.5 Å². The number of ketones is 1. The summed E-state index contributed by atoms with van der Waals surface area (Å²) in [5.41, 5.74) is 3.43. The summed E-state index contributed by atoms with van der Waals surface area (Å²) in [5, 5.41) is 22.1. The van der Waals surface area contributed by atoms with Crippen LogP contribution in [0.2, 0.25) is 0 Å². The zero-order chi connectivity index (χ0) is 20.5. The van der Waals surface area contributed by atoms with E-state index in [1.165, 1.54) is 6.20 Å². The quantitative estimate of drug-likeness (QED) is 0.261. The Morgan fingerprint density at radius 3 is 2.73 bits per heavy atom. The van der Waals surface area contributed by atoms with E-state index in [1.807, 2.05) is 24.3 Å². The second-order valence-corrected chi connectivity index (χ2v) is 6.42. The number of Topliss-reactive ketones (excluding diaryl/α,β-unsaturated/α-hetero) is 1. The molecule has 1 unspecified atom stereocenters. The van der Waals surface area contributed by atoms with Gasteiger partial charge in [0.2, 0.25) is 0 Å². The Morgan fingerprint density at radius 2 is 1.90 bits per heavy atom. The predicted molar refractivity (Wildman–Crippen MR) is 109 cm³/mol. The molecule has 1 atom stereocenters. The molecule has 0 saturated carbocycles. The van der Waals surface area contributed by atoms with E-state index in [0.717, 1.165) is 10.9 Å². The SMILES string of the molecule is [C-]#[N+]C(N=Nc1ccc2nnc3c4ccccc4nn3c2c1)C(=O)c1ccccn1. The molecule has 5 rings (SSSR count). The summed E-state index contributed by atoms with van der Waals surface area (Å²) in [7, 11) is 0. The molecule has 3 heterocycles. The highest BCUT2D eigenvalue weighted by molar-refractivity contribution is 5.99. The number of rotatable bonds is 4. The first kappa shape index (κ1) is 17.5. The van der Waals surface area contributed by atoms with Gasteiger partial charge >= 0.3 is 6.17 Å². The van der Waals surface area contributed by atoms with Gasteiger partial charge in [0.15, 0.2) is 5.65 Å². The summed E-state index contributed by atoms with van der Waals surface area (Å²) in [5.74, 6) is -0.498. The molecule has 142 valence electrons. The van der Waals surface area contributed by atoms with Crippen molar-refractivity contribution in [1.82, 2.24) is 24.8 Å². The van der Waals surface area contributed by atoms with Crippen LogP contribution in [0.4, 0.5) is 5.69 Å². The lowest BCUT2D eigenvalue weighted by atomic mass is 10.2. The van der Waals surface area contributed by atoms with E-state index < -0.39 is 11.9 Å². The second-order valence-electron chi connectivity index (χ2n) is 6.42. The maximum atomic E-state index is 12.4. The molecule has 30 heavy (non-hydrogen) atoms. The molecule has 2 aromatic carbocycles. The van der Waals surface area contributed by atoms with Gasteiger partial charge in [-0.25, -0.2) is 11.1 Å². The molecule has 0 saturated heterocycles. The fourth-order valence-electron chi connectivity index (χ4n) is 3.11. The van der Waals surface area contributed by atoms with Gasteiger partial charge in [-0.1, -0.05) is 23.3 Å². The van der Waals surface area contributed by atoms with Gasteiger partial charge < -0.3 is 0 Å². The first-order valence-corrected chi connectivity index (χ1v) is 9.01. The van der Waals surface area contributed by atoms with Gasteiger partial charge in [-0.15, -0.1) is 15.3 Å². The van der Waals surface area contributed by atoms with Crippen LogP contribution in [-0.4, -0.2) is 36.7 Å². The highest BCUT2D eigenvalue weighted by atomic mass is 16.1. The number of fused-ring (bicyclic) bond motifs is 5. The molecule has 9 heteroatoms. The molecule has 0 spiro atoms. The number of azo groups is 1. The fourth-order valence-corrected chi connectivity index (χ4v) is 3.11. The van der Waals surface area contributed by atoms with Gasteiger partial charge in [-0.2, -0.15) is 5.10 Å². The van der Waals surface area contributed by atoms with E-state index in [4.69, 9.17) is 6.57 Å². The second kappa shape index (κ2) is 7.10. The van der Waals surface area contributed by atoms with Crippen LogP contribution >= 0.6 is 0 Å². The third-order valence-corrected chi connectivity index (χ3v) is 4.55. The van der Waals surface area contributed by atoms with Gasteiger partial charge in [0.1, 0.15) is 11.2 Å². The Bertz CT molecular complexity index is 1480. The normalized spacial score (nSPS) is 12.5. The van der Waals surface area contributed by atoms with Crippen LogP contribution in [0.5, 0.6) is 0 Å². The lowest BCUT2D eigenvalue weighted by molar-refractivity contribution is 0.0971. The average molecular weight is 392 g/mol. The van der Waals surface area contributed by atoms with Crippen molar-refractivity contribution in [3.63, 3.8) is 0 Å². The summed E-state index contributed by atoms with van der Waals surface area (Å²) < 4.78 is 1.71. The largest absolute Gasteiger partial charge is 0.396 e. The van der Waals surface area contributed by atoms with E-state index >= 15 is 0 Å². The molecule has 0 aliphatic carbocycles. The average Bonchev–Trinajstić information content (AvgIpc) is 3.19. The molecule has 0 aliphatic rings. The Kier molecular flexibility index (Phi) is 4.15. The number of pyridine rings is 1. The van der Waals surface area contributed by atoms with Crippen LogP contribution in [0.25, 0.3) is 32.4 Å². The van der Waals surface area contributed by atoms with Gasteiger partial charge in [0, 0.05) is 11.6 Å². The van der Waals surface area contributed by atoms with Crippen molar-refractivity contribution in [3.05, 3.63) is 84.0 Å². The molecular formula is C21H12N8O. The number of aromatic nitrogens is 5. The highest BCUT2D eigenvalue weighted by Gasteiger charge is 2.25. The van der Waals surface area contributed by atoms with Crippen molar-refractivity contribution in [2.75, 3.05) is 0 Å². The summed E-state index contributed by atoms with van der Waals surface area (Å²) in [6.07, 6.45) is 0.202. The third-order valence-electron chi connectivity index (χ3n) is 4.55. The van der Waals surface area contributed by atoms with Crippen molar-refractivity contribution in [2.45, 2.75) is 6.17 Å². The van der Waals surface area contributed by atoms with Gasteiger partial charge in [-0.05, 0) is 42.5 Å². The predicted octanol–water partition coefficient (Wildman–Crippen LogP) is 4.04. The summed E-state index contributed by atoms with van der Waals surface area (Å²) in [6.45, 7) is 7.30. The lowest BCUT2D eigenvalue weighted by Gasteiger charge is -2.01. The fraction of sp³-hybridized carbons (Fsp3) is 0.0476. The number of nitrogens with zero attached hydrogens (tertiary/aromatic N) is 8. The van der Waals surface area contributed by atoms with Gasteiger partial charge in [0.25, 0.3) is 5.78 Å². The van der Waals surface area contributed by atoms with Crippen LogP contribution < -0.4 is 0 Å². The summed E-state index contributed by atoms with van der Waals surface area (Å²) >= 11 is 0. The van der Waals surface area contributed by atoms with Gasteiger partial charge in [0.05, 0.1) is 16.7 Å². The number of carbonyl (C=O) groups excluding carboxylic acids is 1. The van der Waals surface area contributed by atoms with Crippen LogP contribution in [0.3, 0.4) is 0 Å². The maximum Gasteiger partial charge on any atom is 0.396 e. The smallest absolute Gasteiger partial charge is 0.281 e. The first-order chi connectivity index (χ1) is 14.7. The third kappa shape index (κ3) is 2.93. The zero-order valence-electron chi connectivity index (χ0n) is 15.4.